The number of aromatic nitrogens is 3. The van der Waals surface area contributed by atoms with Crippen LogP contribution >= 0.6 is 0 Å². The molecule has 0 aliphatic carbocycles. The molecule has 0 saturated heterocycles. The van der Waals surface area contributed by atoms with Crippen molar-refractivity contribution in [2.45, 2.75) is 25.6 Å². The third kappa shape index (κ3) is 6.71. The van der Waals surface area contributed by atoms with Gasteiger partial charge in [-0.25, -0.2) is 4.39 Å². The normalized spacial score (nSPS) is 12.0. The van der Waals surface area contributed by atoms with Crippen LogP contribution in [0, 0.1) is 5.82 Å². The lowest BCUT2D eigenvalue weighted by atomic mass is 10.0. The fourth-order valence-electron chi connectivity index (χ4n) is 2.67. The van der Waals surface area contributed by atoms with Crippen LogP contribution in [0.15, 0.2) is 30.5 Å². The van der Waals surface area contributed by atoms with Gasteiger partial charge >= 0.3 is 5.97 Å². The highest BCUT2D eigenvalue weighted by atomic mass is 19.1. The number of nitrogens with one attached hydrogen (secondary N) is 1. The van der Waals surface area contributed by atoms with Gasteiger partial charge in [0.05, 0.1) is 38.4 Å². The third-order valence-corrected chi connectivity index (χ3v) is 4.00. The SMILES string of the molecule is COC(=O)CC(NC(=O)CN(C)Cc1cn(CCN)nn1)c1ccc(F)cc1. The average Bonchev–Trinajstić information content (AvgIpc) is 3.08. The number of methoxy groups -OCH3 is 1. The summed E-state index contributed by atoms with van der Waals surface area (Å²) in [7, 11) is 3.05. The smallest absolute Gasteiger partial charge is 0.307 e. The average molecular weight is 392 g/mol. The van der Waals surface area contributed by atoms with Crippen molar-refractivity contribution in [3.63, 3.8) is 0 Å². The van der Waals surface area contributed by atoms with E-state index in [-0.39, 0.29) is 18.9 Å². The van der Waals surface area contributed by atoms with Gasteiger partial charge < -0.3 is 15.8 Å². The van der Waals surface area contributed by atoms with Crippen LogP contribution in [-0.2, 0) is 27.4 Å². The van der Waals surface area contributed by atoms with E-state index in [1.165, 1.54) is 31.4 Å². The highest BCUT2D eigenvalue weighted by Crippen LogP contribution is 2.18. The van der Waals surface area contributed by atoms with Gasteiger partial charge in [-0.2, -0.15) is 0 Å². The molecule has 0 aliphatic heterocycles. The van der Waals surface area contributed by atoms with Crippen LogP contribution in [0.3, 0.4) is 0 Å². The maximum Gasteiger partial charge on any atom is 0.307 e. The minimum Gasteiger partial charge on any atom is -0.469 e. The van der Waals surface area contributed by atoms with Crippen molar-refractivity contribution in [3.05, 3.63) is 47.5 Å². The fraction of sp³-hybridized carbons (Fsp3) is 0.444. The van der Waals surface area contributed by atoms with Gasteiger partial charge in [-0.15, -0.1) is 5.10 Å². The molecule has 1 aromatic heterocycles. The van der Waals surface area contributed by atoms with Crippen LogP contribution in [0.5, 0.6) is 0 Å². The molecule has 3 N–H and O–H groups in total. The number of benzene rings is 1. The van der Waals surface area contributed by atoms with Crippen molar-refractivity contribution in [2.75, 3.05) is 27.2 Å². The molecule has 0 bridgehead atoms. The standard InChI is InChI=1S/C18H25FN6O3/c1-24(10-15-11-25(8-7-20)23-22-15)12-17(26)21-16(9-18(27)28-2)13-3-5-14(19)6-4-13/h3-6,11,16H,7-10,12,20H2,1-2H3,(H,21,26). The Kier molecular flexibility index (Phi) is 8.02. The van der Waals surface area contributed by atoms with Crippen LogP contribution in [0.25, 0.3) is 0 Å². The van der Waals surface area contributed by atoms with Crippen LogP contribution in [-0.4, -0.2) is 59.0 Å². The van der Waals surface area contributed by atoms with Gasteiger partial charge in [0.15, 0.2) is 0 Å². The van der Waals surface area contributed by atoms with E-state index in [9.17, 15) is 14.0 Å². The van der Waals surface area contributed by atoms with Crippen molar-refractivity contribution >= 4 is 11.9 Å². The number of ether oxygens (including phenoxy) is 1. The van der Waals surface area contributed by atoms with E-state index in [2.05, 4.69) is 20.4 Å². The first-order valence-corrected chi connectivity index (χ1v) is 8.80. The van der Waals surface area contributed by atoms with Gasteiger partial charge in [-0.3, -0.25) is 19.2 Å². The molecule has 10 heteroatoms. The maximum absolute atomic E-state index is 13.2. The molecule has 1 atom stereocenters. The van der Waals surface area contributed by atoms with Gasteiger partial charge in [0.1, 0.15) is 5.82 Å². The Labute approximate surface area is 162 Å². The Balaban J connectivity index is 1.95. The molecule has 2 aromatic rings. The summed E-state index contributed by atoms with van der Waals surface area (Å²) < 4.78 is 19.5. The summed E-state index contributed by atoms with van der Waals surface area (Å²) in [5, 5.41) is 10.8. The summed E-state index contributed by atoms with van der Waals surface area (Å²) in [5.74, 6) is -1.15. The lowest BCUT2D eigenvalue weighted by molar-refractivity contribution is -0.141. The molecule has 152 valence electrons. The van der Waals surface area contributed by atoms with Gasteiger partial charge in [0.25, 0.3) is 0 Å². The highest BCUT2D eigenvalue weighted by Gasteiger charge is 2.20. The monoisotopic (exact) mass is 392 g/mol. The molecule has 0 fully saturated rings. The Bertz CT molecular complexity index is 780. The summed E-state index contributed by atoms with van der Waals surface area (Å²) >= 11 is 0. The number of nitrogens with two attached hydrogens (primary N) is 1. The number of hydrogen-bond acceptors (Lipinski definition) is 7. The summed E-state index contributed by atoms with van der Waals surface area (Å²) in [6, 6.07) is 5.01. The Morgan fingerprint density at radius 1 is 1.36 bits per heavy atom. The minimum atomic E-state index is -0.612. The number of likely N-dealkylation sites (N-methyl/N-ethyl adjacent to an activating group) is 1. The zero-order chi connectivity index (χ0) is 20.5. The molecule has 1 aromatic carbocycles. The molecule has 0 radical (unpaired) electrons. The first kappa shape index (κ1) is 21.5. The summed E-state index contributed by atoms with van der Waals surface area (Å²) in [4.78, 5) is 25.9. The summed E-state index contributed by atoms with van der Waals surface area (Å²) in [6.45, 7) is 1.55. The van der Waals surface area contributed by atoms with E-state index in [0.717, 1.165) is 0 Å². The highest BCUT2D eigenvalue weighted by molar-refractivity contribution is 5.79. The largest absolute Gasteiger partial charge is 0.469 e. The number of esters is 1. The second kappa shape index (κ2) is 10.5. The Hall–Kier alpha value is -2.85. The van der Waals surface area contributed by atoms with Gasteiger partial charge in [0.2, 0.25) is 5.91 Å². The van der Waals surface area contributed by atoms with Crippen LogP contribution in [0.4, 0.5) is 4.39 Å². The van der Waals surface area contributed by atoms with Crippen LogP contribution < -0.4 is 11.1 Å². The molecule has 1 heterocycles. The zero-order valence-corrected chi connectivity index (χ0v) is 16.0. The molecule has 0 saturated carbocycles. The molecule has 2 rings (SSSR count). The fourth-order valence-corrected chi connectivity index (χ4v) is 2.67. The zero-order valence-electron chi connectivity index (χ0n) is 16.0. The van der Waals surface area contributed by atoms with E-state index in [0.29, 0.717) is 30.9 Å². The Morgan fingerprint density at radius 2 is 2.07 bits per heavy atom. The van der Waals surface area contributed by atoms with Crippen molar-refractivity contribution < 1.29 is 18.7 Å². The number of halogens is 1. The quantitative estimate of drug-likeness (QED) is 0.556. The van der Waals surface area contributed by atoms with E-state index in [1.54, 1.807) is 22.8 Å². The van der Waals surface area contributed by atoms with Gasteiger partial charge in [-0.05, 0) is 24.7 Å². The van der Waals surface area contributed by atoms with E-state index >= 15 is 0 Å². The molecular weight excluding hydrogens is 367 g/mol. The van der Waals surface area contributed by atoms with Crippen molar-refractivity contribution in [2.24, 2.45) is 5.73 Å². The first-order chi connectivity index (χ1) is 13.4. The first-order valence-electron chi connectivity index (χ1n) is 8.80. The second-order valence-electron chi connectivity index (χ2n) is 6.39. The topological polar surface area (TPSA) is 115 Å². The molecule has 0 spiro atoms. The van der Waals surface area contributed by atoms with Crippen LogP contribution in [0.1, 0.15) is 23.7 Å². The summed E-state index contributed by atoms with van der Waals surface area (Å²) in [5.41, 5.74) is 6.81. The molecule has 1 amide bonds. The number of nitrogens with zero attached hydrogens (tertiary/aromatic N) is 4. The number of carbonyl (C=O) groups is 2. The molecule has 0 aliphatic rings. The van der Waals surface area contributed by atoms with E-state index < -0.39 is 17.8 Å². The van der Waals surface area contributed by atoms with Crippen molar-refractivity contribution in [3.8, 4) is 0 Å². The Morgan fingerprint density at radius 3 is 2.71 bits per heavy atom. The predicted molar refractivity (Wildman–Crippen MR) is 99.3 cm³/mol. The molecule has 9 nitrogen and oxygen atoms in total. The third-order valence-electron chi connectivity index (χ3n) is 4.00. The molecule has 28 heavy (non-hydrogen) atoms. The number of hydrogen-bond donors (Lipinski definition) is 2. The predicted octanol–water partition coefficient (Wildman–Crippen LogP) is 0.228. The number of amides is 1. The van der Waals surface area contributed by atoms with Crippen molar-refractivity contribution in [1.82, 2.24) is 25.2 Å². The number of carbonyl (C=O) groups excluding carboxylic acids is 2. The lowest BCUT2D eigenvalue weighted by Crippen LogP contribution is -2.38. The van der Waals surface area contributed by atoms with Crippen molar-refractivity contribution in [1.29, 1.82) is 0 Å². The lowest BCUT2D eigenvalue weighted by Gasteiger charge is -2.21. The second-order valence-corrected chi connectivity index (χ2v) is 6.39. The van der Waals surface area contributed by atoms with Gasteiger partial charge in [-0.1, -0.05) is 17.3 Å². The molecule has 1 unspecified atom stereocenters. The van der Waals surface area contributed by atoms with Gasteiger partial charge in [0, 0.05) is 19.3 Å². The minimum absolute atomic E-state index is 0.0506. The van der Waals surface area contributed by atoms with E-state index in [4.69, 9.17) is 5.73 Å². The maximum atomic E-state index is 13.2. The molecular formula is C18H25FN6O3. The summed E-state index contributed by atoms with van der Waals surface area (Å²) in [6.07, 6.45) is 1.73. The number of rotatable bonds is 10. The van der Waals surface area contributed by atoms with Crippen LogP contribution in [0.2, 0.25) is 0 Å². The van der Waals surface area contributed by atoms with E-state index in [1.807, 2.05) is 0 Å².